The number of carbonyl (C=O) groups excluding carboxylic acids is 4. The number of rotatable bonds is 11. The Hall–Kier alpha value is -3.70. The minimum absolute atomic E-state index is 0.172. The van der Waals surface area contributed by atoms with Crippen LogP contribution in [0.5, 0.6) is 0 Å². The molecule has 3 N–H and O–H groups in total. The predicted octanol–water partition coefficient (Wildman–Crippen LogP) is -0.509. The molecular formula is C25H30BN3O7. The van der Waals surface area contributed by atoms with Crippen molar-refractivity contribution in [3.05, 3.63) is 65.7 Å². The Morgan fingerprint density at radius 1 is 0.889 bits per heavy atom. The second-order valence-corrected chi connectivity index (χ2v) is 8.41. The summed E-state index contributed by atoms with van der Waals surface area (Å²) in [6.45, 7) is 0. The SMILES string of the molecule is COB(OC)c1ccc(C[C@H](NC(=O)C[C@@H]2NC(=O)[C@H](Cc3ccccc3)NC2=O)C(=O)OC)cc1. The van der Waals surface area contributed by atoms with Gasteiger partial charge in [-0.3, -0.25) is 14.4 Å². The number of benzene rings is 2. The summed E-state index contributed by atoms with van der Waals surface area (Å²) in [5, 5.41) is 7.90. The van der Waals surface area contributed by atoms with Crippen molar-refractivity contribution in [1.29, 1.82) is 0 Å². The first-order valence-electron chi connectivity index (χ1n) is 11.5. The van der Waals surface area contributed by atoms with E-state index in [0.717, 1.165) is 16.6 Å². The fourth-order valence-electron chi connectivity index (χ4n) is 4.00. The van der Waals surface area contributed by atoms with E-state index in [9.17, 15) is 19.2 Å². The second kappa shape index (κ2) is 12.8. The van der Waals surface area contributed by atoms with Gasteiger partial charge in [0.15, 0.2) is 0 Å². The van der Waals surface area contributed by atoms with Gasteiger partial charge in [-0.2, -0.15) is 0 Å². The number of nitrogens with one attached hydrogen (secondary N) is 3. The summed E-state index contributed by atoms with van der Waals surface area (Å²) in [6.07, 6.45) is 0.202. The number of hydrogen-bond acceptors (Lipinski definition) is 7. The third-order valence-electron chi connectivity index (χ3n) is 5.88. The Balaban J connectivity index is 1.58. The highest BCUT2D eigenvalue weighted by atomic mass is 16.6. The van der Waals surface area contributed by atoms with E-state index < -0.39 is 43.0 Å². The van der Waals surface area contributed by atoms with Gasteiger partial charge in [-0.15, -0.1) is 0 Å². The highest BCUT2D eigenvalue weighted by Crippen LogP contribution is 2.10. The van der Waals surface area contributed by atoms with E-state index in [2.05, 4.69) is 16.0 Å². The monoisotopic (exact) mass is 495 g/mol. The Labute approximate surface area is 210 Å². The summed E-state index contributed by atoms with van der Waals surface area (Å²) >= 11 is 0. The van der Waals surface area contributed by atoms with Crippen LogP contribution in [0.4, 0.5) is 0 Å². The molecule has 1 heterocycles. The molecule has 3 rings (SSSR count). The van der Waals surface area contributed by atoms with Gasteiger partial charge >= 0.3 is 13.1 Å². The minimum atomic E-state index is -1.04. The normalized spacial score (nSPS) is 18.0. The van der Waals surface area contributed by atoms with E-state index in [1.165, 1.54) is 21.3 Å². The lowest BCUT2D eigenvalue weighted by atomic mass is 9.78. The largest absolute Gasteiger partial charge is 0.493 e. The molecule has 11 heteroatoms. The maximum atomic E-state index is 12.7. The van der Waals surface area contributed by atoms with Crippen LogP contribution in [-0.2, 0) is 46.1 Å². The highest BCUT2D eigenvalue weighted by Gasteiger charge is 2.35. The fraction of sp³-hybridized carbons (Fsp3) is 0.360. The maximum absolute atomic E-state index is 12.7. The average Bonchev–Trinajstić information content (AvgIpc) is 2.88. The molecule has 0 spiro atoms. The molecule has 0 aliphatic carbocycles. The molecule has 0 unspecified atom stereocenters. The third-order valence-corrected chi connectivity index (χ3v) is 5.88. The van der Waals surface area contributed by atoms with Crippen molar-refractivity contribution in [2.45, 2.75) is 37.4 Å². The number of amides is 3. The molecule has 0 radical (unpaired) electrons. The van der Waals surface area contributed by atoms with Gasteiger partial charge in [0.1, 0.15) is 18.1 Å². The van der Waals surface area contributed by atoms with Crippen molar-refractivity contribution in [2.75, 3.05) is 21.3 Å². The lowest BCUT2D eigenvalue weighted by molar-refractivity contribution is -0.145. The van der Waals surface area contributed by atoms with Crippen molar-refractivity contribution in [3.8, 4) is 0 Å². The molecule has 2 aromatic rings. The van der Waals surface area contributed by atoms with Crippen LogP contribution in [0, 0.1) is 0 Å². The summed E-state index contributed by atoms with van der Waals surface area (Å²) in [7, 11) is 3.78. The Morgan fingerprint density at radius 2 is 1.50 bits per heavy atom. The van der Waals surface area contributed by atoms with Gasteiger partial charge in [-0.05, 0) is 16.6 Å². The molecule has 190 valence electrons. The zero-order valence-corrected chi connectivity index (χ0v) is 20.5. The molecule has 0 saturated carbocycles. The van der Waals surface area contributed by atoms with Gasteiger partial charge in [0, 0.05) is 27.1 Å². The standard InChI is InChI=1S/C25H30BN3O7/c1-34-25(33)21(14-17-9-11-18(12-10-17)26(35-2)36-3)27-22(30)15-20-24(32)28-19(23(31)29-20)13-16-7-5-4-6-8-16/h4-12,19-21H,13-15H2,1-3H3,(H,27,30)(H,28,32)(H,29,31)/t19-,20-,21-/m0/s1. The van der Waals surface area contributed by atoms with Crippen LogP contribution in [0.15, 0.2) is 54.6 Å². The molecule has 10 nitrogen and oxygen atoms in total. The van der Waals surface area contributed by atoms with Crippen LogP contribution in [-0.4, -0.2) is 70.3 Å². The second-order valence-electron chi connectivity index (χ2n) is 8.41. The van der Waals surface area contributed by atoms with Crippen molar-refractivity contribution in [1.82, 2.24) is 16.0 Å². The molecule has 36 heavy (non-hydrogen) atoms. The van der Waals surface area contributed by atoms with E-state index in [4.69, 9.17) is 14.0 Å². The van der Waals surface area contributed by atoms with E-state index in [1.807, 2.05) is 30.3 Å². The van der Waals surface area contributed by atoms with E-state index >= 15 is 0 Å². The highest BCUT2D eigenvalue weighted by molar-refractivity contribution is 6.61. The van der Waals surface area contributed by atoms with Crippen LogP contribution in [0.1, 0.15) is 17.5 Å². The van der Waals surface area contributed by atoms with Crippen LogP contribution in [0.3, 0.4) is 0 Å². The van der Waals surface area contributed by atoms with Gasteiger partial charge in [0.05, 0.1) is 13.5 Å². The van der Waals surface area contributed by atoms with Crippen molar-refractivity contribution in [2.24, 2.45) is 0 Å². The van der Waals surface area contributed by atoms with Gasteiger partial charge in [-0.1, -0.05) is 54.6 Å². The van der Waals surface area contributed by atoms with Gasteiger partial charge in [0.25, 0.3) is 0 Å². The molecule has 3 atom stereocenters. The quantitative estimate of drug-likeness (QED) is 0.283. The molecule has 1 saturated heterocycles. The number of esters is 1. The maximum Gasteiger partial charge on any atom is 0.493 e. The van der Waals surface area contributed by atoms with Crippen molar-refractivity contribution >= 4 is 36.3 Å². The Kier molecular flexibility index (Phi) is 9.60. The summed E-state index contributed by atoms with van der Waals surface area (Å²) in [4.78, 5) is 50.1. The molecule has 1 aliphatic heterocycles. The molecule has 0 bridgehead atoms. The summed E-state index contributed by atoms with van der Waals surface area (Å²) in [6, 6.07) is 13.8. The van der Waals surface area contributed by atoms with Crippen LogP contribution < -0.4 is 21.4 Å². The summed E-state index contributed by atoms with van der Waals surface area (Å²) in [5.41, 5.74) is 2.47. The first-order valence-corrected chi connectivity index (χ1v) is 11.5. The molecule has 1 fully saturated rings. The van der Waals surface area contributed by atoms with Crippen LogP contribution in [0.2, 0.25) is 0 Å². The minimum Gasteiger partial charge on any atom is -0.467 e. The van der Waals surface area contributed by atoms with Crippen LogP contribution >= 0.6 is 0 Å². The zero-order valence-electron chi connectivity index (χ0n) is 20.5. The number of ether oxygens (including phenoxy) is 1. The van der Waals surface area contributed by atoms with Gasteiger partial charge in [0.2, 0.25) is 17.7 Å². The Morgan fingerprint density at radius 3 is 2.11 bits per heavy atom. The smallest absolute Gasteiger partial charge is 0.467 e. The van der Waals surface area contributed by atoms with E-state index in [1.54, 1.807) is 24.3 Å². The summed E-state index contributed by atoms with van der Waals surface area (Å²) < 4.78 is 15.3. The number of piperazine rings is 1. The number of hydrogen-bond donors (Lipinski definition) is 3. The summed E-state index contributed by atoms with van der Waals surface area (Å²) in [5.74, 6) is -2.02. The van der Waals surface area contributed by atoms with E-state index in [-0.39, 0.29) is 18.7 Å². The van der Waals surface area contributed by atoms with Gasteiger partial charge in [-0.25, -0.2) is 4.79 Å². The van der Waals surface area contributed by atoms with Crippen LogP contribution in [0.25, 0.3) is 0 Å². The number of methoxy groups -OCH3 is 1. The first-order chi connectivity index (χ1) is 17.3. The van der Waals surface area contributed by atoms with Crippen molar-refractivity contribution < 1.29 is 33.2 Å². The molecule has 0 aromatic heterocycles. The topological polar surface area (TPSA) is 132 Å². The van der Waals surface area contributed by atoms with Gasteiger partial charge < -0.3 is 30.0 Å². The average molecular weight is 495 g/mol. The van der Waals surface area contributed by atoms with E-state index in [0.29, 0.717) is 6.42 Å². The molecule has 1 aliphatic rings. The molecular weight excluding hydrogens is 465 g/mol. The molecule has 2 aromatic carbocycles. The fourth-order valence-corrected chi connectivity index (χ4v) is 4.00. The third kappa shape index (κ3) is 7.16. The first kappa shape index (κ1) is 26.9. The Bertz CT molecular complexity index is 1060. The predicted molar refractivity (Wildman–Crippen MR) is 132 cm³/mol. The zero-order chi connectivity index (χ0) is 26.1. The van der Waals surface area contributed by atoms with Crippen molar-refractivity contribution in [3.63, 3.8) is 0 Å². The molecule has 3 amide bonds. The lowest BCUT2D eigenvalue weighted by Crippen LogP contribution is -2.63. The number of carbonyl (C=O) groups is 4. The lowest BCUT2D eigenvalue weighted by Gasteiger charge is -2.29.